The molecule has 1 aromatic rings. The van der Waals surface area contributed by atoms with Crippen molar-refractivity contribution in [3.63, 3.8) is 0 Å². The topological polar surface area (TPSA) is 30.0 Å². The zero-order valence-electron chi connectivity index (χ0n) is 6.10. The summed E-state index contributed by atoms with van der Waals surface area (Å²) in [5, 5.41) is -0.0684. The van der Waals surface area contributed by atoms with E-state index in [1.807, 2.05) is 0 Å². The Bertz CT molecular complexity index is 343. The molecule has 0 fully saturated rings. The molecule has 0 radical (unpaired) electrons. The third kappa shape index (κ3) is 2.35. The lowest BCUT2D eigenvalue weighted by atomic mass is 10.2. The van der Waals surface area contributed by atoms with Gasteiger partial charge in [0.1, 0.15) is 5.15 Å². The molecule has 0 aromatic carbocycles. The van der Waals surface area contributed by atoms with E-state index in [0.717, 1.165) is 12.3 Å². The minimum atomic E-state index is -3.08. The maximum atomic E-state index is 11.9. The first kappa shape index (κ1) is 10.3. The lowest BCUT2D eigenvalue weighted by molar-refractivity contribution is 0.0678. The minimum absolute atomic E-state index is 0.0517. The van der Waals surface area contributed by atoms with Crippen LogP contribution in [0.1, 0.15) is 10.4 Å². The average Bonchev–Trinajstić information content (AvgIpc) is 2.03. The molecular formula is C7H3Cl2F2NO. The van der Waals surface area contributed by atoms with E-state index in [0.29, 0.717) is 0 Å². The van der Waals surface area contributed by atoms with Gasteiger partial charge in [-0.15, -0.1) is 0 Å². The van der Waals surface area contributed by atoms with Gasteiger partial charge in [-0.1, -0.05) is 23.2 Å². The highest BCUT2D eigenvalue weighted by molar-refractivity contribution is 6.36. The van der Waals surface area contributed by atoms with Gasteiger partial charge >= 0.3 is 6.43 Å². The molecule has 1 rings (SSSR count). The van der Waals surface area contributed by atoms with E-state index in [-0.39, 0.29) is 15.7 Å². The summed E-state index contributed by atoms with van der Waals surface area (Å²) in [5.41, 5.74) is -0.318. The lowest BCUT2D eigenvalue weighted by Crippen LogP contribution is -2.11. The number of rotatable bonds is 2. The molecule has 1 aromatic heterocycles. The van der Waals surface area contributed by atoms with Crippen LogP contribution in [0, 0.1) is 0 Å². The highest BCUT2D eigenvalue weighted by Crippen LogP contribution is 2.20. The van der Waals surface area contributed by atoms with Crippen molar-refractivity contribution in [2.75, 3.05) is 0 Å². The second-order valence-electron chi connectivity index (χ2n) is 2.15. The van der Waals surface area contributed by atoms with E-state index in [1.165, 1.54) is 0 Å². The molecule has 0 amide bonds. The summed E-state index contributed by atoms with van der Waals surface area (Å²) in [6.45, 7) is 0. The van der Waals surface area contributed by atoms with Gasteiger partial charge in [0.05, 0.1) is 10.6 Å². The Morgan fingerprint density at radius 3 is 2.54 bits per heavy atom. The number of halogens is 4. The van der Waals surface area contributed by atoms with Crippen molar-refractivity contribution >= 4 is 29.0 Å². The van der Waals surface area contributed by atoms with Gasteiger partial charge in [-0.05, 0) is 6.07 Å². The second-order valence-corrected chi connectivity index (χ2v) is 2.95. The average molecular weight is 226 g/mol. The normalized spacial score (nSPS) is 10.5. The largest absolute Gasteiger partial charge is 0.300 e. The number of aromatic nitrogens is 1. The van der Waals surface area contributed by atoms with Gasteiger partial charge in [0.25, 0.3) is 0 Å². The zero-order chi connectivity index (χ0) is 10.0. The quantitative estimate of drug-likeness (QED) is 0.573. The van der Waals surface area contributed by atoms with E-state index < -0.39 is 12.2 Å². The van der Waals surface area contributed by atoms with Crippen molar-refractivity contribution in [3.05, 3.63) is 28.0 Å². The van der Waals surface area contributed by atoms with Crippen LogP contribution in [0.4, 0.5) is 8.78 Å². The van der Waals surface area contributed by atoms with Crippen LogP contribution in [0.5, 0.6) is 0 Å². The Hall–Kier alpha value is -0.740. The van der Waals surface area contributed by atoms with Crippen LogP contribution in [0.15, 0.2) is 12.3 Å². The number of carbonyl (C=O) groups is 1. The van der Waals surface area contributed by atoms with E-state index in [4.69, 9.17) is 23.2 Å². The van der Waals surface area contributed by atoms with Crippen molar-refractivity contribution in [1.29, 1.82) is 0 Å². The Morgan fingerprint density at radius 2 is 2.08 bits per heavy atom. The predicted molar refractivity (Wildman–Crippen MR) is 44.6 cm³/mol. The van der Waals surface area contributed by atoms with Crippen molar-refractivity contribution in [3.8, 4) is 0 Å². The monoisotopic (exact) mass is 225 g/mol. The predicted octanol–water partition coefficient (Wildman–Crippen LogP) is 2.84. The van der Waals surface area contributed by atoms with Crippen LogP contribution >= 0.6 is 23.2 Å². The summed E-state index contributed by atoms with van der Waals surface area (Å²) in [6, 6.07) is 1.14. The molecule has 0 unspecified atom stereocenters. The lowest BCUT2D eigenvalue weighted by Gasteiger charge is -2.01. The summed E-state index contributed by atoms with van der Waals surface area (Å²) in [6.07, 6.45) is -2.15. The summed E-state index contributed by atoms with van der Waals surface area (Å²) in [7, 11) is 0. The van der Waals surface area contributed by atoms with Crippen molar-refractivity contribution < 1.29 is 13.6 Å². The molecule has 1 heterocycles. The van der Waals surface area contributed by atoms with E-state index in [2.05, 4.69) is 4.98 Å². The summed E-state index contributed by atoms with van der Waals surface area (Å²) >= 11 is 10.9. The van der Waals surface area contributed by atoms with Gasteiger partial charge in [-0.2, -0.15) is 0 Å². The Balaban J connectivity index is 3.09. The number of carbonyl (C=O) groups excluding carboxylic acids is 1. The van der Waals surface area contributed by atoms with Crippen LogP contribution in [0.3, 0.4) is 0 Å². The standard InChI is InChI=1S/C7H3Cl2F2NO/c8-4-1-5(9)12-2-3(4)6(13)7(10)11/h1-2,7H. The minimum Gasteiger partial charge on any atom is -0.288 e. The third-order valence-corrected chi connectivity index (χ3v) is 1.80. The third-order valence-electron chi connectivity index (χ3n) is 1.28. The molecule has 0 N–H and O–H groups in total. The van der Waals surface area contributed by atoms with Crippen molar-refractivity contribution in [2.24, 2.45) is 0 Å². The van der Waals surface area contributed by atoms with Crippen LogP contribution in [-0.4, -0.2) is 17.2 Å². The van der Waals surface area contributed by atoms with Gasteiger partial charge < -0.3 is 0 Å². The molecule has 0 bridgehead atoms. The first-order valence-electron chi connectivity index (χ1n) is 3.16. The molecule has 70 valence electrons. The molecule has 13 heavy (non-hydrogen) atoms. The van der Waals surface area contributed by atoms with E-state index in [1.54, 1.807) is 0 Å². The highest BCUT2D eigenvalue weighted by Gasteiger charge is 2.20. The highest BCUT2D eigenvalue weighted by atomic mass is 35.5. The fourth-order valence-corrected chi connectivity index (χ4v) is 1.17. The number of hydrogen-bond donors (Lipinski definition) is 0. The van der Waals surface area contributed by atoms with E-state index in [9.17, 15) is 13.6 Å². The molecular weight excluding hydrogens is 223 g/mol. The fraction of sp³-hybridized carbons (Fsp3) is 0.143. The number of hydrogen-bond acceptors (Lipinski definition) is 2. The van der Waals surface area contributed by atoms with Crippen LogP contribution in [0.2, 0.25) is 10.2 Å². The Labute approximate surface area is 82.5 Å². The van der Waals surface area contributed by atoms with Crippen molar-refractivity contribution in [1.82, 2.24) is 4.98 Å². The first-order chi connectivity index (χ1) is 6.02. The number of nitrogens with zero attached hydrogens (tertiary/aromatic N) is 1. The van der Waals surface area contributed by atoms with Gasteiger partial charge in [0.2, 0.25) is 5.78 Å². The first-order valence-corrected chi connectivity index (χ1v) is 3.91. The summed E-state index contributed by atoms with van der Waals surface area (Å²) in [5.74, 6) is -1.35. The molecule has 2 nitrogen and oxygen atoms in total. The number of Topliss-reactive ketones (excluding diaryl/α,β-unsaturated/α-hetero) is 1. The van der Waals surface area contributed by atoms with Crippen LogP contribution in [-0.2, 0) is 0 Å². The molecule has 0 saturated carbocycles. The molecule has 0 aliphatic carbocycles. The number of pyridine rings is 1. The Kier molecular flexibility index (Phi) is 3.17. The fourth-order valence-electron chi connectivity index (χ4n) is 0.706. The molecule has 0 saturated heterocycles. The second kappa shape index (κ2) is 3.98. The number of alkyl halides is 2. The van der Waals surface area contributed by atoms with E-state index >= 15 is 0 Å². The van der Waals surface area contributed by atoms with Gasteiger partial charge in [0, 0.05) is 6.20 Å². The SMILES string of the molecule is O=C(c1cnc(Cl)cc1Cl)C(F)F. The Morgan fingerprint density at radius 1 is 1.46 bits per heavy atom. The van der Waals surface area contributed by atoms with Crippen molar-refractivity contribution in [2.45, 2.75) is 6.43 Å². The summed E-state index contributed by atoms with van der Waals surface area (Å²) in [4.78, 5) is 14.2. The smallest absolute Gasteiger partial charge is 0.288 e. The molecule has 0 spiro atoms. The maximum absolute atomic E-state index is 11.9. The van der Waals surface area contributed by atoms with Gasteiger partial charge in [-0.3, -0.25) is 4.79 Å². The summed E-state index contributed by atoms with van der Waals surface area (Å²) < 4.78 is 23.9. The molecule has 0 aliphatic rings. The van der Waals surface area contributed by atoms with Crippen LogP contribution in [0.25, 0.3) is 0 Å². The van der Waals surface area contributed by atoms with Gasteiger partial charge in [-0.25, -0.2) is 13.8 Å². The molecule has 0 atom stereocenters. The zero-order valence-corrected chi connectivity index (χ0v) is 7.61. The maximum Gasteiger partial charge on any atom is 0.300 e. The number of ketones is 1. The molecule has 0 aliphatic heterocycles. The van der Waals surface area contributed by atoms with Gasteiger partial charge in [0.15, 0.2) is 0 Å². The molecule has 6 heteroatoms. The van der Waals surface area contributed by atoms with Crippen LogP contribution < -0.4 is 0 Å².